The monoisotopic (exact) mass is 325 g/mol. The summed E-state index contributed by atoms with van der Waals surface area (Å²) in [6.07, 6.45) is 3.03. The van der Waals surface area contributed by atoms with Gasteiger partial charge < -0.3 is 20.3 Å². The highest BCUT2D eigenvalue weighted by Crippen LogP contribution is 2.23. The Labute approximate surface area is 137 Å². The number of nitrogens with one attached hydrogen (secondary N) is 2. The smallest absolute Gasteiger partial charge is 0.409 e. The average Bonchev–Trinajstić information content (AvgIpc) is 3.32. The van der Waals surface area contributed by atoms with Crippen molar-refractivity contribution in [2.24, 2.45) is 5.41 Å². The fourth-order valence-corrected chi connectivity index (χ4v) is 2.48. The quantitative estimate of drug-likeness (QED) is 0.739. The van der Waals surface area contributed by atoms with Crippen molar-refractivity contribution in [2.75, 3.05) is 19.7 Å². The number of carbonyl (C=O) groups excluding carboxylic acids is 3. The zero-order valence-corrected chi connectivity index (χ0v) is 14.2. The molecule has 3 amide bonds. The van der Waals surface area contributed by atoms with E-state index >= 15 is 0 Å². The topological polar surface area (TPSA) is 87.7 Å². The van der Waals surface area contributed by atoms with Gasteiger partial charge in [-0.05, 0) is 46.5 Å². The van der Waals surface area contributed by atoms with E-state index < -0.39 is 5.41 Å². The van der Waals surface area contributed by atoms with Gasteiger partial charge in [-0.1, -0.05) is 0 Å². The predicted octanol–water partition coefficient (Wildman–Crippen LogP) is 1.03. The summed E-state index contributed by atoms with van der Waals surface area (Å²) in [5, 5.41) is 5.83. The largest absolute Gasteiger partial charge is 0.450 e. The van der Waals surface area contributed by atoms with Crippen LogP contribution in [0.3, 0.4) is 0 Å². The molecular formula is C16H27N3O4. The van der Waals surface area contributed by atoms with Gasteiger partial charge in [-0.3, -0.25) is 9.59 Å². The molecule has 1 saturated carbocycles. The fraction of sp³-hybridized carbons (Fsp3) is 0.812. The maximum atomic E-state index is 12.4. The van der Waals surface area contributed by atoms with Gasteiger partial charge >= 0.3 is 6.09 Å². The second kappa shape index (κ2) is 7.19. The van der Waals surface area contributed by atoms with Crippen LogP contribution in [0, 0.1) is 5.41 Å². The molecule has 7 nitrogen and oxygen atoms in total. The first-order chi connectivity index (χ1) is 10.8. The van der Waals surface area contributed by atoms with Crippen molar-refractivity contribution in [3.8, 4) is 0 Å². The number of carbonyl (C=O) groups is 3. The molecule has 1 aliphatic heterocycles. The molecule has 2 N–H and O–H groups in total. The minimum Gasteiger partial charge on any atom is -0.450 e. The molecule has 130 valence electrons. The lowest BCUT2D eigenvalue weighted by molar-refractivity contribution is -0.142. The molecule has 2 rings (SSSR count). The summed E-state index contributed by atoms with van der Waals surface area (Å²) in [6.45, 7) is 6.54. The molecule has 0 spiro atoms. The summed E-state index contributed by atoms with van der Waals surface area (Å²) in [6, 6.07) is 0.226. The van der Waals surface area contributed by atoms with Gasteiger partial charge in [-0.25, -0.2) is 4.79 Å². The van der Waals surface area contributed by atoms with E-state index in [1.54, 1.807) is 25.7 Å². The molecule has 0 atom stereocenters. The third-order valence-electron chi connectivity index (χ3n) is 4.40. The molecular weight excluding hydrogens is 298 g/mol. The van der Waals surface area contributed by atoms with Crippen molar-refractivity contribution in [2.45, 2.75) is 58.5 Å². The Morgan fingerprint density at radius 3 is 1.91 bits per heavy atom. The van der Waals surface area contributed by atoms with Crippen LogP contribution in [0.15, 0.2) is 0 Å². The van der Waals surface area contributed by atoms with E-state index in [-0.39, 0.29) is 30.0 Å². The van der Waals surface area contributed by atoms with E-state index in [1.807, 2.05) is 0 Å². The van der Waals surface area contributed by atoms with Gasteiger partial charge in [-0.2, -0.15) is 0 Å². The Morgan fingerprint density at radius 1 is 1.00 bits per heavy atom. The summed E-state index contributed by atoms with van der Waals surface area (Å²) >= 11 is 0. The van der Waals surface area contributed by atoms with Crippen LogP contribution in [0.2, 0.25) is 0 Å². The van der Waals surface area contributed by atoms with Crippen molar-refractivity contribution >= 4 is 17.9 Å². The van der Waals surface area contributed by atoms with E-state index in [2.05, 4.69) is 10.6 Å². The molecule has 0 aromatic carbocycles. The van der Waals surface area contributed by atoms with E-state index in [0.717, 1.165) is 12.8 Å². The molecule has 0 bridgehead atoms. The van der Waals surface area contributed by atoms with E-state index in [9.17, 15) is 14.4 Å². The van der Waals surface area contributed by atoms with E-state index in [0.29, 0.717) is 32.5 Å². The summed E-state index contributed by atoms with van der Waals surface area (Å²) in [5.41, 5.74) is -1.08. The van der Waals surface area contributed by atoms with Crippen LogP contribution in [0.1, 0.15) is 46.5 Å². The van der Waals surface area contributed by atoms with Gasteiger partial charge in [0.1, 0.15) is 5.41 Å². The van der Waals surface area contributed by atoms with Crippen molar-refractivity contribution in [3.63, 3.8) is 0 Å². The number of hydrogen-bond acceptors (Lipinski definition) is 4. The van der Waals surface area contributed by atoms with Gasteiger partial charge in [0.25, 0.3) is 0 Å². The molecule has 0 aromatic heterocycles. The summed E-state index contributed by atoms with van der Waals surface area (Å²) < 4.78 is 4.97. The maximum Gasteiger partial charge on any atom is 0.409 e. The van der Waals surface area contributed by atoms with Gasteiger partial charge in [0.15, 0.2) is 0 Å². The third kappa shape index (κ3) is 4.59. The molecule has 0 aromatic rings. The van der Waals surface area contributed by atoms with Crippen LogP contribution in [0.5, 0.6) is 0 Å². The number of amides is 3. The highest BCUT2D eigenvalue weighted by Gasteiger charge is 2.39. The average molecular weight is 325 g/mol. The van der Waals surface area contributed by atoms with Gasteiger partial charge in [0.2, 0.25) is 11.8 Å². The van der Waals surface area contributed by atoms with Crippen LogP contribution < -0.4 is 10.6 Å². The Hall–Kier alpha value is -1.79. The van der Waals surface area contributed by atoms with Crippen LogP contribution in [0.4, 0.5) is 4.79 Å². The number of hydrogen-bond donors (Lipinski definition) is 2. The Kier molecular flexibility index (Phi) is 5.49. The van der Waals surface area contributed by atoms with Crippen LogP contribution in [0.25, 0.3) is 0 Å². The lowest BCUT2D eigenvalue weighted by Gasteiger charge is -2.33. The molecule has 0 unspecified atom stereocenters. The number of nitrogens with zero attached hydrogens (tertiary/aromatic N) is 1. The Bertz CT molecular complexity index is 466. The highest BCUT2D eigenvalue weighted by molar-refractivity contribution is 6.04. The van der Waals surface area contributed by atoms with Crippen LogP contribution in [-0.4, -0.2) is 54.6 Å². The number of piperidine rings is 1. The van der Waals surface area contributed by atoms with Gasteiger partial charge in [0.05, 0.1) is 6.61 Å². The molecule has 1 saturated heterocycles. The van der Waals surface area contributed by atoms with Crippen LogP contribution in [-0.2, 0) is 14.3 Å². The Morgan fingerprint density at radius 2 is 1.48 bits per heavy atom. The first-order valence-corrected chi connectivity index (χ1v) is 8.38. The highest BCUT2D eigenvalue weighted by atomic mass is 16.6. The second-order valence-corrected chi connectivity index (χ2v) is 6.81. The summed E-state index contributed by atoms with van der Waals surface area (Å²) in [4.78, 5) is 37.9. The molecule has 23 heavy (non-hydrogen) atoms. The zero-order valence-electron chi connectivity index (χ0n) is 14.2. The normalized spacial score (nSPS) is 19.2. The van der Waals surface area contributed by atoms with Gasteiger partial charge in [-0.15, -0.1) is 0 Å². The molecule has 2 fully saturated rings. The first-order valence-electron chi connectivity index (χ1n) is 8.38. The van der Waals surface area contributed by atoms with E-state index in [1.165, 1.54) is 0 Å². The summed E-state index contributed by atoms with van der Waals surface area (Å²) in [5.74, 6) is -0.480. The predicted molar refractivity (Wildman–Crippen MR) is 84.7 cm³/mol. The fourth-order valence-electron chi connectivity index (χ4n) is 2.48. The minimum absolute atomic E-state index is 0.0128. The lowest BCUT2D eigenvalue weighted by atomic mass is 9.90. The van der Waals surface area contributed by atoms with Crippen molar-refractivity contribution in [1.82, 2.24) is 15.5 Å². The molecule has 1 aliphatic carbocycles. The van der Waals surface area contributed by atoms with Crippen molar-refractivity contribution < 1.29 is 19.1 Å². The van der Waals surface area contributed by atoms with E-state index in [4.69, 9.17) is 4.74 Å². The van der Waals surface area contributed by atoms with Crippen molar-refractivity contribution in [3.05, 3.63) is 0 Å². The van der Waals surface area contributed by atoms with Crippen LogP contribution >= 0.6 is 0 Å². The van der Waals surface area contributed by atoms with Crippen molar-refractivity contribution in [1.29, 1.82) is 0 Å². The van der Waals surface area contributed by atoms with Gasteiger partial charge in [0, 0.05) is 25.2 Å². The molecule has 2 aliphatic rings. The number of rotatable bonds is 5. The zero-order chi connectivity index (χ0) is 17.0. The molecule has 1 heterocycles. The molecule has 0 radical (unpaired) electrons. The third-order valence-corrected chi connectivity index (χ3v) is 4.40. The first kappa shape index (κ1) is 17.6. The standard InChI is InChI=1S/C16H27N3O4/c1-4-23-15(22)19-9-7-12(8-10-19)18-14(21)16(2,3)13(20)17-11-5-6-11/h11-12H,4-10H2,1-3H3,(H,17,20)(H,18,21). The maximum absolute atomic E-state index is 12.4. The SMILES string of the molecule is CCOC(=O)N1CCC(NC(=O)C(C)(C)C(=O)NC2CC2)CC1. The number of ether oxygens (including phenoxy) is 1. The second-order valence-electron chi connectivity index (χ2n) is 6.81. The minimum atomic E-state index is -1.08. The lowest BCUT2D eigenvalue weighted by Crippen LogP contribution is -2.53. The number of likely N-dealkylation sites (tertiary alicyclic amines) is 1. The Balaban J connectivity index is 1.79. The molecule has 7 heteroatoms. The summed E-state index contributed by atoms with van der Waals surface area (Å²) in [7, 11) is 0.